The molecule has 0 aromatic heterocycles. The average molecular weight is 518 g/mol. The van der Waals surface area contributed by atoms with Gasteiger partial charge in [0.2, 0.25) is 15.9 Å². The number of methoxy groups -OCH3 is 1. The number of carbonyl (C=O) groups is 1. The van der Waals surface area contributed by atoms with Crippen molar-refractivity contribution in [2.75, 3.05) is 27.7 Å². The molecule has 35 heavy (non-hydrogen) atoms. The van der Waals surface area contributed by atoms with E-state index in [4.69, 9.17) is 4.74 Å². The number of sulfonamides is 2. The van der Waals surface area contributed by atoms with Gasteiger partial charge in [0, 0.05) is 5.69 Å². The minimum atomic E-state index is -3.92. The standard InChI is InChI=1S/C24H27N3O6S2/c1-17-10-15-23(33-3)22(16-17)26-35(31,32)21-13-11-19(12-14-21)25-24(28)18(2)27(34(4,29)30)20-8-6-5-7-9-20/h5-16,18,26H,1-4H3,(H,25,28)/t18-/m0/s1. The zero-order chi connectivity index (χ0) is 25.8. The number of nitrogens with one attached hydrogen (secondary N) is 2. The molecule has 0 aliphatic rings. The first-order chi connectivity index (χ1) is 16.4. The maximum absolute atomic E-state index is 12.9. The first-order valence-corrected chi connectivity index (χ1v) is 13.9. The Kier molecular flexibility index (Phi) is 7.71. The molecule has 11 heteroatoms. The predicted molar refractivity (Wildman–Crippen MR) is 137 cm³/mol. The van der Waals surface area contributed by atoms with Gasteiger partial charge in [0.05, 0.1) is 29.6 Å². The third-order valence-electron chi connectivity index (χ3n) is 5.13. The van der Waals surface area contributed by atoms with Crippen molar-refractivity contribution in [2.45, 2.75) is 24.8 Å². The molecule has 3 aromatic rings. The van der Waals surface area contributed by atoms with E-state index in [0.717, 1.165) is 16.1 Å². The molecule has 0 unspecified atom stereocenters. The lowest BCUT2D eigenvalue weighted by molar-refractivity contribution is -0.116. The number of benzene rings is 3. The van der Waals surface area contributed by atoms with E-state index in [2.05, 4.69) is 10.0 Å². The molecule has 0 spiro atoms. The van der Waals surface area contributed by atoms with Crippen molar-refractivity contribution in [3.05, 3.63) is 78.4 Å². The van der Waals surface area contributed by atoms with Crippen LogP contribution < -0.4 is 19.1 Å². The summed E-state index contributed by atoms with van der Waals surface area (Å²) < 4.78 is 59.2. The summed E-state index contributed by atoms with van der Waals surface area (Å²) >= 11 is 0. The molecule has 3 rings (SSSR count). The number of amides is 1. The third kappa shape index (κ3) is 6.31. The Hall–Kier alpha value is -3.57. The average Bonchev–Trinajstić information content (AvgIpc) is 2.79. The van der Waals surface area contributed by atoms with Crippen LogP contribution in [0.15, 0.2) is 77.7 Å². The van der Waals surface area contributed by atoms with Crippen molar-refractivity contribution < 1.29 is 26.4 Å². The minimum absolute atomic E-state index is 0.0193. The molecule has 0 saturated carbocycles. The molecule has 9 nitrogen and oxygen atoms in total. The van der Waals surface area contributed by atoms with E-state index >= 15 is 0 Å². The highest BCUT2D eigenvalue weighted by Crippen LogP contribution is 2.28. The van der Waals surface area contributed by atoms with Crippen molar-refractivity contribution in [3.63, 3.8) is 0 Å². The van der Waals surface area contributed by atoms with E-state index in [-0.39, 0.29) is 4.90 Å². The SMILES string of the molecule is COc1ccc(C)cc1NS(=O)(=O)c1ccc(NC(=O)[C@H](C)N(c2ccccc2)S(C)(=O)=O)cc1. The van der Waals surface area contributed by atoms with Crippen LogP contribution in [0.5, 0.6) is 5.75 Å². The van der Waals surface area contributed by atoms with E-state index in [9.17, 15) is 21.6 Å². The van der Waals surface area contributed by atoms with Gasteiger partial charge >= 0.3 is 0 Å². The van der Waals surface area contributed by atoms with Crippen LogP contribution in [0.1, 0.15) is 12.5 Å². The van der Waals surface area contributed by atoms with Crippen LogP contribution in [-0.2, 0) is 24.8 Å². The summed E-state index contributed by atoms with van der Waals surface area (Å²) in [4.78, 5) is 12.8. The third-order valence-corrected chi connectivity index (χ3v) is 7.75. The summed E-state index contributed by atoms with van der Waals surface area (Å²) in [5.74, 6) is -0.191. The number of anilines is 3. The van der Waals surface area contributed by atoms with Gasteiger partial charge in [-0.25, -0.2) is 16.8 Å². The highest BCUT2D eigenvalue weighted by molar-refractivity contribution is 7.92. The normalized spacial score (nSPS) is 12.5. The fraction of sp³-hybridized carbons (Fsp3) is 0.208. The van der Waals surface area contributed by atoms with E-state index in [0.29, 0.717) is 22.8 Å². The second kappa shape index (κ2) is 10.4. The van der Waals surface area contributed by atoms with Crippen LogP contribution in [0.4, 0.5) is 17.1 Å². The summed E-state index contributed by atoms with van der Waals surface area (Å²) in [7, 11) is -6.22. The molecule has 0 radical (unpaired) electrons. The molecule has 0 saturated heterocycles. The van der Waals surface area contributed by atoms with Crippen LogP contribution in [0.2, 0.25) is 0 Å². The second-order valence-corrected chi connectivity index (χ2v) is 11.4. The highest BCUT2D eigenvalue weighted by atomic mass is 32.2. The largest absolute Gasteiger partial charge is 0.495 e. The number of aryl methyl sites for hydroxylation is 1. The zero-order valence-electron chi connectivity index (χ0n) is 19.7. The molecule has 0 aliphatic heterocycles. The van der Waals surface area contributed by atoms with Gasteiger partial charge in [0.25, 0.3) is 10.0 Å². The molecule has 0 heterocycles. The monoisotopic (exact) mass is 517 g/mol. The number of nitrogens with zero attached hydrogens (tertiary/aromatic N) is 1. The summed E-state index contributed by atoms with van der Waals surface area (Å²) in [5.41, 5.74) is 1.84. The van der Waals surface area contributed by atoms with Gasteiger partial charge in [0.15, 0.2) is 0 Å². The fourth-order valence-electron chi connectivity index (χ4n) is 3.45. The van der Waals surface area contributed by atoms with Crippen molar-refractivity contribution in [2.24, 2.45) is 0 Å². The molecule has 2 N–H and O–H groups in total. The van der Waals surface area contributed by atoms with Crippen LogP contribution in [0.25, 0.3) is 0 Å². The number of para-hydroxylation sites is 1. The van der Waals surface area contributed by atoms with Crippen molar-refractivity contribution >= 4 is 43.0 Å². The summed E-state index contributed by atoms with van der Waals surface area (Å²) in [6.45, 7) is 3.31. The Morgan fingerprint density at radius 2 is 1.57 bits per heavy atom. The molecule has 0 bridgehead atoms. The summed E-state index contributed by atoms with van der Waals surface area (Å²) in [6, 6.07) is 17.9. The Morgan fingerprint density at radius 3 is 2.14 bits per heavy atom. The topological polar surface area (TPSA) is 122 Å². The van der Waals surface area contributed by atoms with E-state index in [1.165, 1.54) is 38.3 Å². The number of ether oxygens (including phenoxy) is 1. The minimum Gasteiger partial charge on any atom is -0.495 e. The Labute approximate surface area is 205 Å². The lowest BCUT2D eigenvalue weighted by atomic mass is 10.2. The van der Waals surface area contributed by atoms with Crippen LogP contribution in [0, 0.1) is 6.92 Å². The molecule has 0 aliphatic carbocycles. The number of hydrogen-bond acceptors (Lipinski definition) is 6. The first-order valence-electron chi connectivity index (χ1n) is 10.6. The van der Waals surface area contributed by atoms with Crippen molar-refractivity contribution in [1.29, 1.82) is 0 Å². The van der Waals surface area contributed by atoms with Gasteiger partial charge in [-0.3, -0.25) is 13.8 Å². The van der Waals surface area contributed by atoms with E-state index in [1.54, 1.807) is 48.5 Å². The summed E-state index contributed by atoms with van der Waals surface area (Å²) in [6.07, 6.45) is 1.03. The van der Waals surface area contributed by atoms with E-state index in [1.807, 2.05) is 6.92 Å². The summed E-state index contributed by atoms with van der Waals surface area (Å²) in [5, 5.41) is 2.64. The van der Waals surface area contributed by atoms with Gasteiger partial charge < -0.3 is 10.1 Å². The molecule has 3 aromatic carbocycles. The number of hydrogen-bond donors (Lipinski definition) is 2. The molecular formula is C24H27N3O6S2. The number of rotatable bonds is 9. The maximum Gasteiger partial charge on any atom is 0.262 e. The molecule has 0 fully saturated rings. The van der Waals surface area contributed by atoms with Crippen LogP contribution in [0.3, 0.4) is 0 Å². The Bertz CT molecular complexity index is 1410. The molecule has 1 atom stereocenters. The number of carbonyl (C=O) groups excluding carboxylic acids is 1. The van der Waals surface area contributed by atoms with E-state index < -0.39 is 32.0 Å². The van der Waals surface area contributed by atoms with Crippen molar-refractivity contribution in [1.82, 2.24) is 0 Å². The van der Waals surface area contributed by atoms with Crippen LogP contribution in [-0.4, -0.2) is 42.2 Å². The first kappa shape index (κ1) is 26.0. The smallest absolute Gasteiger partial charge is 0.262 e. The lowest BCUT2D eigenvalue weighted by Crippen LogP contribution is -2.45. The van der Waals surface area contributed by atoms with Gasteiger partial charge in [-0.05, 0) is 67.9 Å². The van der Waals surface area contributed by atoms with Gasteiger partial charge in [-0.1, -0.05) is 24.3 Å². The van der Waals surface area contributed by atoms with Crippen molar-refractivity contribution in [3.8, 4) is 5.75 Å². The maximum atomic E-state index is 12.9. The zero-order valence-corrected chi connectivity index (χ0v) is 21.4. The van der Waals surface area contributed by atoms with Crippen LogP contribution >= 0.6 is 0 Å². The predicted octanol–water partition coefficient (Wildman–Crippen LogP) is 3.60. The highest BCUT2D eigenvalue weighted by Gasteiger charge is 2.29. The molecule has 1 amide bonds. The molecular weight excluding hydrogens is 490 g/mol. The second-order valence-electron chi connectivity index (χ2n) is 7.89. The Morgan fingerprint density at radius 1 is 0.943 bits per heavy atom. The fourth-order valence-corrected chi connectivity index (χ4v) is 5.69. The van der Waals surface area contributed by atoms with Gasteiger partial charge in [0.1, 0.15) is 11.8 Å². The lowest BCUT2D eigenvalue weighted by Gasteiger charge is -2.28. The molecule has 186 valence electrons. The Balaban J connectivity index is 1.77. The quantitative estimate of drug-likeness (QED) is 0.447. The van der Waals surface area contributed by atoms with Gasteiger partial charge in [-0.15, -0.1) is 0 Å². The van der Waals surface area contributed by atoms with Gasteiger partial charge in [-0.2, -0.15) is 0 Å².